The lowest BCUT2D eigenvalue weighted by Crippen LogP contribution is -2.56. The van der Waals surface area contributed by atoms with Crippen LogP contribution in [0.5, 0.6) is 5.75 Å². The first kappa shape index (κ1) is 32.3. The molecule has 1 saturated carbocycles. The van der Waals surface area contributed by atoms with Gasteiger partial charge >= 0.3 is 18.2 Å². The highest BCUT2D eigenvalue weighted by molar-refractivity contribution is 6.06. The van der Waals surface area contributed by atoms with Gasteiger partial charge in [0.25, 0.3) is 5.69 Å². The van der Waals surface area contributed by atoms with E-state index in [1.54, 1.807) is 31.2 Å². The SMILES string of the molecule is CCOC(=O)C1(C(=O)N[C@@H](CCCNC(N)=O)C(=O)Nc2ccc(COC(=O)Oc3ccc([N+](=O)[O-])cc3)cc2)CCC1. The van der Waals surface area contributed by atoms with Crippen molar-refractivity contribution in [2.24, 2.45) is 11.1 Å². The van der Waals surface area contributed by atoms with Crippen LogP contribution in [0.3, 0.4) is 0 Å². The van der Waals surface area contributed by atoms with Crippen molar-refractivity contribution in [2.45, 2.75) is 51.7 Å². The smallest absolute Gasteiger partial charge is 0.465 e. The maximum absolute atomic E-state index is 13.2. The number of nitrogens with two attached hydrogens (primary N) is 1. The molecule has 2 aromatic rings. The third kappa shape index (κ3) is 9.14. The Morgan fingerprint density at radius 2 is 1.70 bits per heavy atom. The third-order valence-electron chi connectivity index (χ3n) is 6.73. The number of nitrogens with zero attached hydrogens (tertiary/aromatic N) is 1. The molecule has 5 N–H and O–H groups in total. The molecule has 43 heavy (non-hydrogen) atoms. The number of rotatable bonds is 14. The lowest BCUT2D eigenvalue weighted by molar-refractivity contribution is -0.384. The molecule has 1 fully saturated rings. The van der Waals surface area contributed by atoms with Crippen LogP contribution in [0.1, 0.15) is 44.6 Å². The summed E-state index contributed by atoms with van der Waals surface area (Å²) in [6.07, 6.45) is 0.777. The molecule has 3 rings (SSSR count). The molecular weight excluding hydrogens is 566 g/mol. The monoisotopic (exact) mass is 599 g/mol. The van der Waals surface area contributed by atoms with E-state index in [2.05, 4.69) is 16.0 Å². The van der Waals surface area contributed by atoms with Gasteiger partial charge in [0.2, 0.25) is 11.8 Å². The Balaban J connectivity index is 1.57. The van der Waals surface area contributed by atoms with Gasteiger partial charge in [-0.2, -0.15) is 0 Å². The minimum atomic E-state index is -1.33. The first-order valence-corrected chi connectivity index (χ1v) is 13.5. The Hall–Kier alpha value is -5.21. The van der Waals surface area contributed by atoms with Crippen LogP contribution in [-0.4, -0.2) is 54.1 Å². The van der Waals surface area contributed by atoms with Crippen molar-refractivity contribution < 1.29 is 43.1 Å². The molecule has 0 unspecified atom stereocenters. The van der Waals surface area contributed by atoms with Crippen LogP contribution >= 0.6 is 0 Å². The van der Waals surface area contributed by atoms with Gasteiger partial charge in [-0.15, -0.1) is 0 Å². The number of non-ortho nitro benzene ring substituents is 1. The van der Waals surface area contributed by atoms with E-state index in [9.17, 15) is 34.1 Å². The number of nitro benzene ring substituents is 1. The quantitative estimate of drug-likeness (QED) is 0.0621. The molecule has 230 valence electrons. The Kier molecular flexibility index (Phi) is 11.4. The van der Waals surface area contributed by atoms with Crippen molar-refractivity contribution in [1.29, 1.82) is 0 Å². The summed E-state index contributed by atoms with van der Waals surface area (Å²) in [6.45, 7) is 1.80. The zero-order valence-electron chi connectivity index (χ0n) is 23.5. The maximum atomic E-state index is 13.2. The fourth-order valence-electron chi connectivity index (χ4n) is 4.22. The van der Waals surface area contributed by atoms with Crippen molar-refractivity contribution in [3.05, 3.63) is 64.2 Å². The number of amides is 4. The van der Waals surface area contributed by atoms with E-state index < -0.39 is 46.4 Å². The molecule has 0 saturated heterocycles. The van der Waals surface area contributed by atoms with Crippen LogP contribution in [0, 0.1) is 15.5 Å². The zero-order chi connectivity index (χ0) is 31.4. The number of nitrogens with one attached hydrogen (secondary N) is 3. The van der Waals surface area contributed by atoms with Crippen LogP contribution < -0.4 is 26.4 Å². The maximum Gasteiger partial charge on any atom is 0.514 e. The number of primary amides is 1. The summed E-state index contributed by atoms with van der Waals surface area (Å²) in [4.78, 5) is 71.9. The lowest BCUT2D eigenvalue weighted by Gasteiger charge is -2.38. The lowest BCUT2D eigenvalue weighted by atomic mass is 9.68. The number of nitro groups is 1. The Bertz CT molecular complexity index is 1330. The Morgan fingerprint density at radius 3 is 2.26 bits per heavy atom. The highest BCUT2D eigenvalue weighted by Crippen LogP contribution is 2.42. The molecule has 0 radical (unpaired) electrons. The van der Waals surface area contributed by atoms with Gasteiger partial charge in [0.15, 0.2) is 0 Å². The van der Waals surface area contributed by atoms with Crippen molar-refractivity contribution in [2.75, 3.05) is 18.5 Å². The molecule has 0 aromatic heterocycles. The normalized spacial score (nSPS) is 13.8. The second-order valence-electron chi connectivity index (χ2n) is 9.69. The van der Waals surface area contributed by atoms with Gasteiger partial charge in [-0.25, -0.2) is 9.59 Å². The molecular formula is C28H33N5O10. The molecule has 1 atom stereocenters. The molecule has 0 spiro atoms. The van der Waals surface area contributed by atoms with E-state index in [4.69, 9.17) is 19.9 Å². The van der Waals surface area contributed by atoms with Crippen molar-refractivity contribution in [3.8, 4) is 5.75 Å². The number of urea groups is 1. The van der Waals surface area contributed by atoms with E-state index in [-0.39, 0.29) is 37.6 Å². The zero-order valence-corrected chi connectivity index (χ0v) is 23.5. The minimum Gasteiger partial charge on any atom is -0.465 e. The van der Waals surface area contributed by atoms with Crippen molar-refractivity contribution >= 4 is 41.3 Å². The third-order valence-corrected chi connectivity index (χ3v) is 6.73. The second-order valence-corrected chi connectivity index (χ2v) is 9.69. The summed E-state index contributed by atoms with van der Waals surface area (Å²) in [6, 6.07) is 9.51. The number of benzene rings is 2. The van der Waals surface area contributed by atoms with Gasteiger partial charge in [0, 0.05) is 24.4 Å². The molecule has 0 bridgehead atoms. The number of carbonyl (C=O) groups is 5. The van der Waals surface area contributed by atoms with E-state index in [1.807, 2.05) is 0 Å². The van der Waals surface area contributed by atoms with E-state index in [0.717, 1.165) is 0 Å². The van der Waals surface area contributed by atoms with Gasteiger partial charge in [-0.1, -0.05) is 18.6 Å². The minimum absolute atomic E-state index is 0.0752. The molecule has 15 nitrogen and oxygen atoms in total. The van der Waals surface area contributed by atoms with Gasteiger partial charge in [0.05, 0.1) is 11.5 Å². The van der Waals surface area contributed by atoms with Crippen LogP contribution in [0.15, 0.2) is 48.5 Å². The number of esters is 1. The molecule has 2 aromatic carbocycles. The van der Waals surface area contributed by atoms with Gasteiger partial charge in [-0.05, 0) is 62.4 Å². The topological polar surface area (TPSA) is 218 Å². The summed E-state index contributed by atoms with van der Waals surface area (Å²) in [5, 5.41) is 18.5. The van der Waals surface area contributed by atoms with Crippen LogP contribution in [0.25, 0.3) is 0 Å². The summed E-state index contributed by atoms with van der Waals surface area (Å²) in [5.74, 6) is -1.68. The van der Waals surface area contributed by atoms with Crippen molar-refractivity contribution in [1.82, 2.24) is 10.6 Å². The number of carbonyl (C=O) groups excluding carboxylic acids is 5. The standard InChI is InChI=1S/C28H33N5O10/c1-2-41-25(36)28(14-4-15-28)24(35)32-22(5-3-16-30-26(29)37)23(34)31-19-8-6-18(7-9-19)17-42-27(38)43-21-12-10-20(11-13-21)33(39)40/h6-13,22H,2-5,14-17H2,1H3,(H,31,34)(H,32,35)(H3,29,30,37)/t22-/m0/s1. The number of ether oxygens (including phenoxy) is 3. The largest absolute Gasteiger partial charge is 0.514 e. The number of anilines is 1. The van der Waals surface area contributed by atoms with Gasteiger partial charge in [0.1, 0.15) is 23.8 Å². The predicted octanol–water partition coefficient (Wildman–Crippen LogP) is 2.92. The fraction of sp³-hybridized carbons (Fsp3) is 0.393. The highest BCUT2D eigenvalue weighted by atomic mass is 16.7. The molecule has 1 aliphatic carbocycles. The van der Waals surface area contributed by atoms with Gasteiger partial charge < -0.3 is 35.9 Å². The van der Waals surface area contributed by atoms with Crippen LogP contribution in [0.4, 0.5) is 21.0 Å². The molecule has 15 heteroatoms. The Labute approximate surface area is 246 Å². The summed E-state index contributed by atoms with van der Waals surface area (Å²) < 4.78 is 15.1. The average molecular weight is 600 g/mol. The van der Waals surface area contributed by atoms with E-state index in [0.29, 0.717) is 36.9 Å². The second kappa shape index (κ2) is 15.1. The molecule has 0 aliphatic heterocycles. The molecule has 4 amide bonds. The highest BCUT2D eigenvalue weighted by Gasteiger charge is 2.52. The van der Waals surface area contributed by atoms with E-state index >= 15 is 0 Å². The summed E-state index contributed by atoms with van der Waals surface area (Å²) >= 11 is 0. The summed E-state index contributed by atoms with van der Waals surface area (Å²) in [7, 11) is 0. The molecule has 1 aliphatic rings. The molecule has 0 heterocycles. The number of hydrogen-bond donors (Lipinski definition) is 4. The predicted molar refractivity (Wildman–Crippen MR) is 151 cm³/mol. The van der Waals surface area contributed by atoms with Crippen LogP contribution in [-0.2, 0) is 30.5 Å². The van der Waals surface area contributed by atoms with Crippen LogP contribution in [0.2, 0.25) is 0 Å². The van der Waals surface area contributed by atoms with Gasteiger partial charge in [-0.3, -0.25) is 24.5 Å². The first-order valence-electron chi connectivity index (χ1n) is 13.5. The number of hydrogen-bond acceptors (Lipinski definition) is 10. The first-order chi connectivity index (χ1) is 20.5. The average Bonchev–Trinajstić information content (AvgIpc) is 2.94. The van der Waals surface area contributed by atoms with E-state index in [1.165, 1.54) is 24.3 Å². The van der Waals surface area contributed by atoms with Crippen molar-refractivity contribution in [3.63, 3.8) is 0 Å². The Morgan fingerprint density at radius 1 is 1.02 bits per heavy atom. The summed E-state index contributed by atoms with van der Waals surface area (Å²) in [5.41, 5.74) is 4.57. The fourth-order valence-corrected chi connectivity index (χ4v) is 4.22.